The van der Waals surface area contributed by atoms with Crippen LogP contribution in [0.2, 0.25) is 0 Å². The molecule has 1 aromatic heterocycles. The number of aliphatic hydroxyl groups excluding tert-OH is 1. The molecule has 0 amide bonds. The molecule has 1 unspecified atom stereocenters. The number of rotatable bonds is 5. The molecule has 1 heterocycles. The summed E-state index contributed by atoms with van der Waals surface area (Å²) in [6.45, 7) is 3.61. The van der Waals surface area contributed by atoms with E-state index in [1.54, 1.807) is 20.0 Å². The highest BCUT2D eigenvalue weighted by Crippen LogP contribution is 2.16. The van der Waals surface area contributed by atoms with Crippen molar-refractivity contribution in [3.8, 4) is 0 Å². The van der Waals surface area contributed by atoms with Gasteiger partial charge < -0.3 is 5.11 Å². The highest BCUT2D eigenvalue weighted by molar-refractivity contribution is 7.90. The van der Waals surface area contributed by atoms with Crippen molar-refractivity contribution in [1.82, 2.24) is 4.98 Å². The molecule has 0 spiro atoms. The van der Waals surface area contributed by atoms with Crippen LogP contribution < -0.4 is 0 Å². The van der Waals surface area contributed by atoms with Crippen molar-refractivity contribution in [1.29, 1.82) is 0 Å². The van der Waals surface area contributed by atoms with Gasteiger partial charge in [-0.1, -0.05) is 32.0 Å². The van der Waals surface area contributed by atoms with E-state index in [1.807, 2.05) is 30.3 Å². The molecule has 5 heteroatoms. The van der Waals surface area contributed by atoms with E-state index in [2.05, 4.69) is 4.98 Å². The third-order valence-corrected chi connectivity index (χ3v) is 4.85. The second kappa shape index (κ2) is 5.89. The Labute approximate surface area is 119 Å². The van der Waals surface area contributed by atoms with E-state index < -0.39 is 15.9 Å². The van der Waals surface area contributed by atoms with Crippen LogP contribution in [-0.2, 0) is 15.6 Å². The molecule has 2 aromatic rings. The van der Waals surface area contributed by atoms with Gasteiger partial charge in [-0.05, 0) is 23.6 Å². The molecule has 0 aliphatic heterocycles. The number of sulfone groups is 1. The Kier molecular flexibility index (Phi) is 4.40. The van der Waals surface area contributed by atoms with Gasteiger partial charge in [0.1, 0.15) is 0 Å². The van der Waals surface area contributed by atoms with Gasteiger partial charge in [-0.15, -0.1) is 0 Å². The zero-order valence-corrected chi connectivity index (χ0v) is 12.5. The van der Waals surface area contributed by atoms with Gasteiger partial charge in [-0.2, -0.15) is 0 Å². The Bertz CT molecular complexity index is 695. The molecule has 20 heavy (non-hydrogen) atoms. The van der Waals surface area contributed by atoms with Gasteiger partial charge in [-0.25, -0.2) is 8.42 Å². The zero-order chi connectivity index (χ0) is 14.8. The van der Waals surface area contributed by atoms with Crippen LogP contribution in [0.15, 0.2) is 36.5 Å². The monoisotopic (exact) mass is 293 g/mol. The van der Waals surface area contributed by atoms with Crippen LogP contribution in [0, 0.1) is 5.92 Å². The first-order chi connectivity index (χ1) is 9.37. The maximum atomic E-state index is 12.1. The van der Waals surface area contributed by atoms with E-state index in [0.717, 1.165) is 10.9 Å². The Morgan fingerprint density at radius 1 is 1.25 bits per heavy atom. The molecule has 1 aromatic carbocycles. The maximum absolute atomic E-state index is 12.1. The molecule has 1 atom stereocenters. The molecule has 0 aliphatic carbocycles. The average molecular weight is 293 g/mol. The number of fused-ring (bicyclic) bond motifs is 1. The van der Waals surface area contributed by atoms with Crippen molar-refractivity contribution in [3.63, 3.8) is 0 Å². The van der Waals surface area contributed by atoms with Crippen LogP contribution >= 0.6 is 0 Å². The van der Waals surface area contributed by atoms with Gasteiger partial charge >= 0.3 is 0 Å². The first-order valence-corrected chi connectivity index (χ1v) is 8.42. The molecule has 108 valence electrons. The van der Waals surface area contributed by atoms with Gasteiger partial charge in [0, 0.05) is 11.6 Å². The minimum absolute atomic E-state index is 0.0699. The van der Waals surface area contributed by atoms with Crippen LogP contribution in [0.1, 0.15) is 19.4 Å². The first-order valence-electron chi connectivity index (χ1n) is 6.59. The lowest BCUT2D eigenvalue weighted by atomic mass is 10.1. The van der Waals surface area contributed by atoms with Crippen LogP contribution in [0.5, 0.6) is 0 Å². The van der Waals surface area contributed by atoms with Gasteiger partial charge in [-0.3, -0.25) is 4.98 Å². The highest BCUT2D eigenvalue weighted by Gasteiger charge is 2.20. The van der Waals surface area contributed by atoms with Crippen molar-refractivity contribution < 1.29 is 13.5 Å². The largest absolute Gasteiger partial charge is 0.392 e. The van der Waals surface area contributed by atoms with Crippen molar-refractivity contribution in [2.75, 3.05) is 5.75 Å². The van der Waals surface area contributed by atoms with Crippen LogP contribution in [0.4, 0.5) is 0 Å². The third kappa shape index (κ3) is 3.77. The molecular weight excluding hydrogens is 274 g/mol. The molecule has 0 radical (unpaired) electrons. The van der Waals surface area contributed by atoms with E-state index in [1.165, 1.54) is 0 Å². The molecule has 0 aliphatic rings. The zero-order valence-electron chi connectivity index (χ0n) is 11.7. The summed E-state index contributed by atoms with van der Waals surface area (Å²) in [6.07, 6.45) is 0.759. The van der Waals surface area contributed by atoms with Crippen LogP contribution in [0.3, 0.4) is 0 Å². The van der Waals surface area contributed by atoms with Crippen molar-refractivity contribution in [2.24, 2.45) is 5.92 Å². The average Bonchev–Trinajstić information content (AvgIpc) is 2.37. The predicted molar refractivity (Wildman–Crippen MR) is 80.1 cm³/mol. The van der Waals surface area contributed by atoms with Crippen molar-refractivity contribution in [3.05, 3.63) is 42.1 Å². The number of hydrogen-bond donors (Lipinski definition) is 1. The number of para-hydroxylation sites is 1. The molecule has 0 fully saturated rings. The summed E-state index contributed by atoms with van der Waals surface area (Å²) in [5, 5.41) is 10.6. The lowest BCUT2D eigenvalue weighted by molar-refractivity contribution is 0.147. The number of benzene rings is 1. The Hall–Kier alpha value is -1.46. The van der Waals surface area contributed by atoms with Gasteiger partial charge in [0.25, 0.3) is 0 Å². The van der Waals surface area contributed by atoms with E-state index in [0.29, 0.717) is 5.56 Å². The molecule has 0 saturated carbocycles. The Balaban J connectivity index is 2.18. The maximum Gasteiger partial charge on any atom is 0.157 e. The smallest absolute Gasteiger partial charge is 0.157 e. The van der Waals surface area contributed by atoms with E-state index in [9.17, 15) is 13.5 Å². The number of pyridine rings is 1. The summed E-state index contributed by atoms with van der Waals surface area (Å²) >= 11 is 0. The number of nitrogens with zero attached hydrogens (tertiary/aromatic N) is 1. The highest BCUT2D eigenvalue weighted by atomic mass is 32.2. The lowest BCUT2D eigenvalue weighted by Crippen LogP contribution is -2.26. The van der Waals surface area contributed by atoms with Crippen molar-refractivity contribution >= 4 is 20.7 Å². The molecule has 1 N–H and O–H groups in total. The number of hydrogen-bond acceptors (Lipinski definition) is 4. The number of aliphatic hydroxyl groups is 1. The predicted octanol–water partition coefficient (Wildman–Crippen LogP) is 2.17. The number of aromatic nitrogens is 1. The summed E-state index contributed by atoms with van der Waals surface area (Å²) in [4.78, 5) is 4.25. The Morgan fingerprint density at radius 2 is 1.95 bits per heavy atom. The fourth-order valence-electron chi connectivity index (χ4n) is 1.96. The summed E-state index contributed by atoms with van der Waals surface area (Å²) in [5.74, 6) is -0.369. The topological polar surface area (TPSA) is 67.3 Å². The normalized spacial score (nSPS) is 13.8. The van der Waals surface area contributed by atoms with Gasteiger partial charge in [0.15, 0.2) is 9.84 Å². The van der Waals surface area contributed by atoms with Crippen LogP contribution in [-0.4, -0.2) is 30.4 Å². The van der Waals surface area contributed by atoms with Gasteiger partial charge in [0.2, 0.25) is 0 Å². The standard InChI is InChI=1S/C15H19NO3S/c1-11(2)15(17)10-20(18,19)9-12-7-13-5-3-4-6-14(13)16-8-12/h3-8,11,15,17H,9-10H2,1-2H3. The third-order valence-electron chi connectivity index (χ3n) is 3.23. The Morgan fingerprint density at radius 3 is 2.65 bits per heavy atom. The van der Waals surface area contributed by atoms with E-state index in [4.69, 9.17) is 0 Å². The molecule has 0 saturated heterocycles. The van der Waals surface area contributed by atoms with Crippen molar-refractivity contribution in [2.45, 2.75) is 25.7 Å². The second-order valence-corrected chi connectivity index (χ2v) is 7.51. The minimum atomic E-state index is -3.34. The van der Waals surface area contributed by atoms with E-state index in [-0.39, 0.29) is 17.4 Å². The lowest BCUT2D eigenvalue weighted by Gasteiger charge is -2.14. The molecule has 2 rings (SSSR count). The molecular formula is C15H19NO3S. The summed E-state index contributed by atoms with van der Waals surface area (Å²) < 4.78 is 24.1. The summed E-state index contributed by atoms with van der Waals surface area (Å²) in [6, 6.07) is 9.41. The fraction of sp³-hybridized carbons (Fsp3) is 0.400. The first kappa shape index (κ1) is 14.9. The quantitative estimate of drug-likeness (QED) is 0.917. The summed E-state index contributed by atoms with van der Waals surface area (Å²) in [5.41, 5.74) is 1.50. The summed E-state index contributed by atoms with van der Waals surface area (Å²) in [7, 11) is -3.34. The van der Waals surface area contributed by atoms with Crippen LogP contribution in [0.25, 0.3) is 10.9 Å². The SMILES string of the molecule is CC(C)C(O)CS(=O)(=O)Cc1cnc2ccccc2c1. The van der Waals surface area contributed by atoms with Gasteiger partial charge in [0.05, 0.1) is 23.1 Å². The van der Waals surface area contributed by atoms with E-state index >= 15 is 0 Å². The second-order valence-electron chi connectivity index (χ2n) is 5.40. The molecule has 0 bridgehead atoms. The minimum Gasteiger partial charge on any atom is -0.392 e. The fourth-order valence-corrected chi connectivity index (χ4v) is 3.65. The molecule has 4 nitrogen and oxygen atoms in total.